The van der Waals surface area contributed by atoms with E-state index in [9.17, 15) is 10.2 Å². The smallest absolute Gasteiger partial charge is 0.175 e. The minimum absolute atomic E-state index is 0.0380. The Morgan fingerprint density at radius 1 is 0.632 bits per heavy atom. The van der Waals surface area contributed by atoms with E-state index >= 15 is 0 Å². The molecule has 0 bridgehead atoms. The first-order chi connectivity index (χ1) is 37.0. The third kappa shape index (κ3) is 10.6. The third-order valence-electron chi connectivity index (χ3n) is 17.3. The first-order valence-electron chi connectivity index (χ1n) is 27.5. The molecule has 12 heterocycles. The van der Waals surface area contributed by atoms with Crippen molar-refractivity contribution in [2.45, 2.75) is 136 Å². The van der Waals surface area contributed by atoms with Gasteiger partial charge in [0, 0.05) is 99.6 Å². The zero-order valence-electron chi connectivity index (χ0n) is 44.4. The van der Waals surface area contributed by atoms with Crippen molar-refractivity contribution in [3.63, 3.8) is 0 Å². The molecule has 8 atom stereocenters. The second-order valence-electron chi connectivity index (χ2n) is 21.9. The number of rotatable bonds is 14. The SMILES string of the molecule is CCOC[C@@H]1CC2COc3c(Sc4cnc(N5CCC6(CC5)CO[C@@H](C)[C@H]6N)c(CO)n4)ccnc3N2C1.CCOC[C@H]1CC2COc3c(Sc4cnc(N5CCC6(CC5)CO[C@@H](C)[C@H]6N)c(CO)n4)ccnc3N2C1. The van der Waals surface area contributed by atoms with E-state index in [1.807, 2.05) is 38.4 Å². The molecule has 0 amide bonds. The first-order valence-corrected chi connectivity index (χ1v) is 29.1. The van der Waals surface area contributed by atoms with Crippen LogP contribution in [0.5, 0.6) is 11.5 Å². The van der Waals surface area contributed by atoms with Gasteiger partial charge in [0.1, 0.15) is 34.7 Å². The molecule has 6 N–H and O–H groups in total. The number of fused-ring (bicyclic) bond motifs is 6. The zero-order valence-corrected chi connectivity index (χ0v) is 46.1. The van der Waals surface area contributed by atoms with E-state index in [0.717, 1.165) is 172 Å². The Kier molecular flexibility index (Phi) is 16.3. The molecular weight excluding hydrogens is 1010 g/mol. The highest BCUT2D eigenvalue weighted by atomic mass is 32.2. The van der Waals surface area contributed by atoms with Crippen LogP contribution in [0.25, 0.3) is 0 Å². The van der Waals surface area contributed by atoms with Crippen molar-refractivity contribution in [1.29, 1.82) is 0 Å². The molecule has 0 aromatic carbocycles. The molecule has 8 aliphatic rings. The van der Waals surface area contributed by atoms with Crippen molar-refractivity contribution in [3.8, 4) is 11.5 Å². The number of aromatic nitrogens is 6. The molecule has 12 rings (SSSR count). The number of aliphatic hydroxyl groups excluding tert-OH is 2. The third-order valence-corrected chi connectivity index (χ3v) is 19.2. The predicted molar refractivity (Wildman–Crippen MR) is 290 cm³/mol. The van der Waals surface area contributed by atoms with E-state index in [0.29, 0.717) is 48.5 Å². The number of hydrogen-bond donors (Lipinski definition) is 4. The van der Waals surface area contributed by atoms with Crippen molar-refractivity contribution in [1.82, 2.24) is 29.9 Å². The summed E-state index contributed by atoms with van der Waals surface area (Å²) in [4.78, 5) is 39.5. The molecule has 2 spiro atoms. The molecule has 8 aliphatic heterocycles. The molecule has 4 aromatic rings. The minimum Gasteiger partial charge on any atom is -0.486 e. The average Bonchev–Trinajstić information content (AvgIpc) is 4.25. The fourth-order valence-corrected chi connectivity index (χ4v) is 14.6. The summed E-state index contributed by atoms with van der Waals surface area (Å²) in [6, 6.07) is 4.71. The van der Waals surface area contributed by atoms with Gasteiger partial charge in [0.25, 0.3) is 0 Å². The number of anilines is 4. The van der Waals surface area contributed by atoms with Crippen molar-refractivity contribution >= 4 is 46.8 Å². The summed E-state index contributed by atoms with van der Waals surface area (Å²) in [5, 5.41) is 21.8. The van der Waals surface area contributed by atoms with Crippen LogP contribution in [0, 0.1) is 22.7 Å². The van der Waals surface area contributed by atoms with Crippen LogP contribution in [0.3, 0.4) is 0 Å². The lowest BCUT2D eigenvalue weighted by atomic mass is 9.73. The normalized spacial score (nSPS) is 27.9. The summed E-state index contributed by atoms with van der Waals surface area (Å²) < 4.78 is 35.6. The molecule has 0 aliphatic carbocycles. The monoisotopic (exact) mass is 1080 g/mol. The molecule has 20 nitrogen and oxygen atoms in total. The lowest BCUT2D eigenvalue weighted by Crippen LogP contribution is -2.51. The maximum Gasteiger partial charge on any atom is 0.175 e. The van der Waals surface area contributed by atoms with Crippen LogP contribution in [0.2, 0.25) is 0 Å². The fourth-order valence-electron chi connectivity index (χ4n) is 12.9. The van der Waals surface area contributed by atoms with Gasteiger partial charge >= 0.3 is 0 Å². The van der Waals surface area contributed by atoms with Gasteiger partial charge in [0.15, 0.2) is 34.8 Å². The fraction of sp³-hybridized carbons (Fsp3) is 0.667. The lowest BCUT2D eigenvalue weighted by molar-refractivity contribution is 0.0973. The Balaban J connectivity index is 0.000000162. The second kappa shape index (κ2) is 23.2. The van der Waals surface area contributed by atoms with Crippen molar-refractivity contribution < 1.29 is 38.6 Å². The summed E-state index contributed by atoms with van der Waals surface area (Å²) in [5.41, 5.74) is 14.2. The van der Waals surface area contributed by atoms with E-state index in [4.69, 9.17) is 59.8 Å². The number of pyridine rings is 2. The van der Waals surface area contributed by atoms with E-state index in [2.05, 4.69) is 43.4 Å². The Labute approximate surface area is 454 Å². The summed E-state index contributed by atoms with van der Waals surface area (Å²) in [7, 11) is 0. The van der Waals surface area contributed by atoms with Crippen LogP contribution in [0.15, 0.2) is 56.8 Å². The zero-order chi connectivity index (χ0) is 52.6. The predicted octanol–water partition coefficient (Wildman–Crippen LogP) is 4.94. The number of ether oxygens (including phenoxy) is 6. The van der Waals surface area contributed by atoms with Gasteiger partial charge in [0.05, 0.1) is 86.1 Å². The van der Waals surface area contributed by atoms with Crippen LogP contribution < -0.4 is 40.5 Å². The number of nitrogens with two attached hydrogens (primary N) is 2. The van der Waals surface area contributed by atoms with Gasteiger partial charge in [-0.25, -0.2) is 29.9 Å². The summed E-state index contributed by atoms with van der Waals surface area (Å²) in [5.74, 6) is 5.86. The number of piperidine rings is 2. The molecule has 4 aromatic heterocycles. The minimum atomic E-state index is -0.167. The molecule has 6 saturated heterocycles. The molecule has 76 heavy (non-hydrogen) atoms. The standard InChI is InChI=1S/2C27H38N6O4S/c2*1-3-35-14-18-10-19-15-36-23-21(4-7-29-26(23)33(19)12-18)38-22-11-30-25(20(13-34)31-22)32-8-5-27(6-9-32)16-37-17(2)24(27)28/h2*4,7,11,17-19,24,34H,3,5-6,8-10,12-16,28H2,1-2H3/t17-,18+,19?,24+;17-,18-,19?,24+/m00/s1. The van der Waals surface area contributed by atoms with E-state index in [-0.39, 0.29) is 48.3 Å². The molecule has 6 fully saturated rings. The number of aliphatic hydroxyl groups is 2. The molecule has 22 heteroatoms. The molecule has 2 unspecified atom stereocenters. The van der Waals surface area contributed by atoms with Gasteiger partial charge in [0.2, 0.25) is 0 Å². The molecular formula is C54H76N12O8S2. The van der Waals surface area contributed by atoms with Crippen LogP contribution in [0.1, 0.15) is 77.6 Å². The van der Waals surface area contributed by atoms with Gasteiger partial charge < -0.3 is 69.7 Å². The molecule has 0 saturated carbocycles. The Morgan fingerprint density at radius 3 is 1.42 bits per heavy atom. The molecule has 0 radical (unpaired) electrons. The van der Waals surface area contributed by atoms with Crippen molar-refractivity contribution in [3.05, 3.63) is 48.3 Å². The maximum absolute atomic E-state index is 10.2. The van der Waals surface area contributed by atoms with Crippen LogP contribution in [-0.4, -0.2) is 169 Å². The summed E-state index contributed by atoms with van der Waals surface area (Å²) >= 11 is 3.00. The van der Waals surface area contributed by atoms with Gasteiger partial charge in [-0.15, -0.1) is 0 Å². The van der Waals surface area contributed by atoms with Crippen molar-refractivity contribution in [2.24, 2.45) is 34.1 Å². The number of hydrogen-bond acceptors (Lipinski definition) is 22. The van der Waals surface area contributed by atoms with E-state index < -0.39 is 0 Å². The Hall–Kier alpha value is -4.36. The van der Waals surface area contributed by atoms with Gasteiger partial charge in [-0.3, -0.25) is 0 Å². The van der Waals surface area contributed by atoms with Gasteiger partial charge in [-0.05, 0) is 78.4 Å². The highest BCUT2D eigenvalue weighted by molar-refractivity contribution is 7.99. The quantitative estimate of drug-likeness (QED) is 0.131. The van der Waals surface area contributed by atoms with Gasteiger partial charge in [-0.2, -0.15) is 0 Å². The van der Waals surface area contributed by atoms with Crippen LogP contribution in [-0.2, 0) is 32.2 Å². The van der Waals surface area contributed by atoms with E-state index in [1.54, 1.807) is 12.4 Å². The van der Waals surface area contributed by atoms with Crippen LogP contribution >= 0.6 is 23.5 Å². The average molecular weight is 1090 g/mol. The largest absolute Gasteiger partial charge is 0.486 e. The van der Waals surface area contributed by atoms with Crippen LogP contribution in [0.4, 0.5) is 23.3 Å². The van der Waals surface area contributed by atoms with Gasteiger partial charge in [-0.1, -0.05) is 23.5 Å². The maximum atomic E-state index is 10.2. The summed E-state index contributed by atoms with van der Waals surface area (Å²) in [6.07, 6.45) is 13.4. The van der Waals surface area contributed by atoms with E-state index in [1.165, 1.54) is 23.5 Å². The lowest BCUT2D eigenvalue weighted by Gasteiger charge is -2.41. The Bertz CT molecular complexity index is 2470. The first kappa shape index (κ1) is 53.6. The molecule has 412 valence electrons. The topological polar surface area (TPSA) is 238 Å². The highest BCUT2D eigenvalue weighted by Gasteiger charge is 2.49. The van der Waals surface area contributed by atoms with Crippen molar-refractivity contribution in [2.75, 3.05) is 112 Å². The Morgan fingerprint density at radius 2 is 1.05 bits per heavy atom. The second-order valence-corrected chi connectivity index (χ2v) is 24.1. The highest BCUT2D eigenvalue weighted by Crippen LogP contribution is 2.48. The number of nitrogens with zero attached hydrogens (tertiary/aromatic N) is 10. The summed E-state index contributed by atoms with van der Waals surface area (Å²) in [6.45, 7) is 18.8.